The zero-order valence-corrected chi connectivity index (χ0v) is 9.57. The molecule has 0 aliphatic heterocycles. The Morgan fingerprint density at radius 2 is 2.38 bits per heavy atom. The SMILES string of the molecule is Cc1cnc(NN)nc1OCCC1CCC1. The maximum atomic E-state index is 5.64. The molecule has 0 radical (unpaired) electrons. The van der Waals surface area contributed by atoms with Crippen LogP contribution in [0.4, 0.5) is 5.95 Å². The van der Waals surface area contributed by atoms with Gasteiger partial charge < -0.3 is 4.74 Å². The first kappa shape index (κ1) is 11.1. The standard InChI is InChI=1S/C11H18N4O/c1-8-7-13-11(15-12)14-10(8)16-6-5-9-3-2-4-9/h7,9H,2-6,12H2,1H3,(H,13,14,15). The van der Waals surface area contributed by atoms with Crippen molar-refractivity contribution >= 4 is 5.95 Å². The van der Waals surface area contributed by atoms with Gasteiger partial charge in [0.2, 0.25) is 11.8 Å². The summed E-state index contributed by atoms with van der Waals surface area (Å²) < 4.78 is 5.64. The summed E-state index contributed by atoms with van der Waals surface area (Å²) in [6.45, 7) is 2.66. The minimum Gasteiger partial charge on any atom is -0.477 e. The third-order valence-corrected chi connectivity index (χ3v) is 3.04. The molecule has 5 heteroatoms. The molecule has 1 heterocycles. The molecule has 1 aliphatic carbocycles. The molecule has 0 spiro atoms. The Morgan fingerprint density at radius 3 is 3.00 bits per heavy atom. The van der Waals surface area contributed by atoms with Gasteiger partial charge >= 0.3 is 0 Å². The van der Waals surface area contributed by atoms with Crippen molar-refractivity contribution < 1.29 is 4.74 Å². The van der Waals surface area contributed by atoms with Crippen LogP contribution in [0.25, 0.3) is 0 Å². The fraction of sp³-hybridized carbons (Fsp3) is 0.636. The van der Waals surface area contributed by atoms with Crippen LogP contribution in [0.1, 0.15) is 31.2 Å². The maximum Gasteiger partial charge on any atom is 0.240 e. The predicted octanol–water partition coefficient (Wildman–Crippen LogP) is 1.64. The molecule has 3 N–H and O–H groups in total. The van der Waals surface area contributed by atoms with Crippen LogP contribution in [0.5, 0.6) is 5.88 Å². The maximum absolute atomic E-state index is 5.64. The van der Waals surface area contributed by atoms with Crippen molar-refractivity contribution in [2.75, 3.05) is 12.0 Å². The van der Waals surface area contributed by atoms with Gasteiger partial charge in [-0.3, -0.25) is 5.43 Å². The zero-order valence-electron chi connectivity index (χ0n) is 9.57. The van der Waals surface area contributed by atoms with E-state index < -0.39 is 0 Å². The molecule has 16 heavy (non-hydrogen) atoms. The summed E-state index contributed by atoms with van der Waals surface area (Å²) in [4.78, 5) is 8.16. The second-order valence-corrected chi connectivity index (χ2v) is 4.26. The lowest BCUT2D eigenvalue weighted by Gasteiger charge is -2.24. The minimum absolute atomic E-state index is 0.393. The number of hydrogen-bond acceptors (Lipinski definition) is 5. The van der Waals surface area contributed by atoms with Crippen LogP contribution >= 0.6 is 0 Å². The van der Waals surface area contributed by atoms with Crippen molar-refractivity contribution in [3.8, 4) is 5.88 Å². The molecule has 0 bridgehead atoms. The number of hydrogen-bond donors (Lipinski definition) is 2. The van der Waals surface area contributed by atoms with E-state index in [1.807, 2.05) is 6.92 Å². The van der Waals surface area contributed by atoms with Gasteiger partial charge in [-0.2, -0.15) is 4.98 Å². The van der Waals surface area contributed by atoms with Gasteiger partial charge in [-0.25, -0.2) is 10.8 Å². The summed E-state index contributed by atoms with van der Waals surface area (Å²) in [7, 11) is 0. The van der Waals surface area contributed by atoms with Crippen LogP contribution < -0.4 is 16.0 Å². The van der Waals surface area contributed by atoms with Gasteiger partial charge in [0.25, 0.3) is 0 Å². The summed E-state index contributed by atoms with van der Waals surface area (Å²) in [6.07, 6.45) is 6.90. The van der Waals surface area contributed by atoms with Gasteiger partial charge in [-0.1, -0.05) is 19.3 Å². The van der Waals surface area contributed by atoms with Crippen LogP contribution in [0.2, 0.25) is 0 Å². The number of nitrogens with zero attached hydrogens (tertiary/aromatic N) is 2. The predicted molar refractivity (Wildman–Crippen MR) is 62.0 cm³/mol. The van der Waals surface area contributed by atoms with E-state index in [-0.39, 0.29) is 0 Å². The first-order chi connectivity index (χ1) is 7.79. The molecule has 0 unspecified atom stereocenters. The Morgan fingerprint density at radius 1 is 1.56 bits per heavy atom. The summed E-state index contributed by atoms with van der Waals surface area (Å²) in [5.41, 5.74) is 3.35. The van der Waals surface area contributed by atoms with E-state index in [4.69, 9.17) is 10.6 Å². The molecular formula is C11H18N4O. The topological polar surface area (TPSA) is 73.1 Å². The van der Waals surface area contributed by atoms with Crippen LogP contribution in [-0.2, 0) is 0 Å². The summed E-state index contributed by atoms with van der Waals surface area (Å²) >= 11 is 0. The van der Waals surface area contributed by atoms with E-state index in [9.17, 15) is 0 Å². The smallest absolute Gasteiger partial charge is 0.240 e. The van der Waals surface area contributed by atoms with Crippen molar-refractivity contribution in [1.82, 2.24) is 9.97 Å². The molecule has 1 fully saturated rings. The highest BCUT2D eigenvalue weighted by Crippen LogP contribution is 2.29. The highest BCUT2D eigenvalue weighted by atomic mass is 16.5. The molecule has 1 aromatic heterocycles. The lowest BCUT2D eigenvalue weighted by molar-refractivity contribution is 0.216. The van der Waals surface area contributed by atoms with Gasteiger partial charge in [0, 0.05) is 11.8 Å². The summed E-state index contributed by atoms with van der Waals surface area (Å²) in [5, 5.41) is 0. The molecule has 88 valence electrons. The van der Waals surface area contributed by atoms with Crippen LogP contribution in [-0.4, -0.2) is 16.6 Å². The largest absolute Gasteiger partial charge is 0.477 e. The van der Waals surface area contributed by atoms with E-state index in [0.717, 1.165) is 24.5 Å². The first-order valence-electron chi connectivity index (χ1n) is 5.72. The van der Waals surface area contributed by atoms with Crippen molar-refractivity contribution in [2.45, 2.75) is 32.6 Å². The molecule has 0 amide bonds. The molecular weight excluding hydrogens is 204 g/mol. The first-order valence-corrected chi connectivity index (χ1v) is 5.72. The zero-order chi connectivity index (χ0) is 11.4. The number of nitrogen functional groups attached to an aromatic ring is 1. The number of anilines is 1. The molecule has 1 saturated carbocycles. The fourth-order valence-corrected chi connectivity index (χ4v) is 1.75. The molecule has 5 nitrogen and oxygen atoms in total. The number of ether oxygens (including phenoxy) is 1. The Kier molecular flexibility index (Phi) is 3.56. The van der Waals surface area contributed by atoms with E-state index >= 15 is 0 Å². The van der Waals surface area contributed by atoms with E-state index in [1.165, 1.54) is 19.3 Å². The number of nitrogens with one attached hydrogen (secondary N) is 1. The van der Waals surface area contributed by atoms with E-state index in [2.05, 4.69) is 15.4 Å². The summed E-state index contributed by atoms with van der Waals surface area (Å²) in [5.74, 6) is 7.12. The molecule has 1 aliphatic rings. The third kappa shape index (κ3) is 2.61. The second-order valence-electron chi connectivity index (χ2n) is 4.26. The Bertz CT molecular complexity index is 352. The minimum atomic E-state index is 0.393. The van der Waals surface area contributed by atoms with Gasteiger partial charge in [-0.15, -0.1) is 0 Å². The monoisotopic (exact) mass is 222 g/mol. The Balaban J connectivity index is 1.86. The number of rotatable bonds is 5. The van der Waals surface area contributed by atoms with Gasteiger partial charge in [0.15, 0.2) is 0 Å². The Hall–Kier alpha value is -1.36. The van der Waals surface area contributed by atoms with Gasteiger partial charge in [0.1, 0.15) is 0 Å². The van der Waals surface area contributed by atoms with Crippen LogP contribution in [0, 0.1) is 12.8 Å². The van der Waals surface area contributed by atoms with Gasteiger partial charge in [0.05, 0.1) is 6.61 Å². The average Bonchev–Trinajstić information content (AvgIpc) is 2.24. The molecule has 2 rings (SSSR count). The molecule has 0 atom stereocenters. The third-order valence-electron chi connectivity index (χ3n) is 3.04. The number of hydrazine groups is 1. The van der Waals surface area contributed by atoms with Crippen molar-refractivity contribution in [3.05, 3.63) is 11.8 Å². The number of nitrogens with two attached hydrogens (primary N) is 1. The van der Waals surface area contributed by atoms with Gasteiger partial charge in [-0.05, 0) is 19.3 Å². The van der Waals surface area contributed by atoms with Crippen molar-refractivity contribution in [2.24, 2.45) is 11.8 Å². The Labute approximate surface area is 95.4 Å². The lowest BCUT2D eigenvalue weighted by Crippen LogP contribution is -2.16. The lowest BCUT2D eigenvalue weighted by atomic mass is 9.83. The number of aromatic nitrogens is 2. The molecule has 1 aromatic rings. The average molecular weight is 222 g/mol. The fourth-order valence-electron chi connectivity index (χ4n) is 1.75. The van der Waals surface area contributed by atoms with Crippen molar-refractivity contribution in [3.63, 3.8) is 0 Å². The molecule has 0 aromatic carbocycles. The van der Waals surface area contributed by atoms with E-state index in [1.54, 1.807) is 6.20 Å². The van der Waals surface area contributed by atoms with Crippen LogP contribution in [0.15, 0.2) is 6.20 Å². The number of aryl methyl sites for hydroxylation is 1. The van der Waals surface area contributed by atoms with Crippen molar-refractivity contribution in [1.29, 1.82) is 0 Å². The highest BCUT2D eigenvalue weighted by molar-refractivity contribution is 5.31. The second kappa shape index (κ2) is 5.12. The highest BCUT2D eigenvalue weighted by Gasteiger charge is 2.17. The molecule has 0 saturated heterocycles. The van der Waals surface area contributed by atoms with Crippen LogP contribution in [0.3, 0.4) is 0 Å². The quantitative estimate of drug-likeness (QED) is 0.585. The normalized spacial score (nSPS) is 15.6. The van der Waals surface area contributed by atoms with E-state index in [0.29, 0.717) is 11.8 Å². The summed E-state index contributed by atoms with van der Waals surface area (Å²) in [6, 6.07) is 0.